The molecule has 1 spiro atoms. The van der Waals surface area contributed by atoms with E-state index in [-0.39, 0.29) is 16.4 Å². The van der Waals surface area contributed by atoms with Crippen LogP contribution >= 0.6 is 0 Å². The van der Waals surface area contributed by atoms with E-state index >= 15 is 0 Å². The minimum atomic E-state index is -4.07. The Labute approximate surface area is 238 Å². The van der Waals surface area contributed by atoms with Gasteiger partial charge in [-0.25, -0.2) is 22.2 Å². The van der Waals surface area contributed by atoms with Crippen LogP contribution in [0.15, 0.2) is 59.9 Å². The molecule has 6 rings (SSSR count). The average molecular weight is 577 g/mol. The molecule has 0 atom stereocenters. The van der Waals surface area contributed by atoms with Gasteiger partial charge in [0.05, 0.1) is 34.1 Å². The van der Waals surface area contributed by atoms with Crippen molar-refractivity contribution in [3.8, 4) is 11.3 Å². The number of hydrogen-bond acceptors (Lipinski definition) is 7. The third-order valence-electron chi connectivity index (χ3n) is 7.87. The summed E-state index contributed by atoms with van der Waals surface area (Å²) < 4.78 is 36.6. The van der Waals surface area contributed by atoms with Crippen LogP contribution in [0, 0.1) is 0 Å². The molecule has 2 aliphatic heterocycles. The topological polar surface area (TPSA) is 120 Å². The van der Waals surface area contributed by atoms with Gasteiger partial charge < -0.3 is 14.5 Å². The zero-order chi connectivity index (χ0) is 29.3. The zero-order valence-electron chi connectivity index (χ0n) is 23.7. The van der Waals surface area contributed by atoms with Crippen molar-refractivity contribution in [1.29, 1.82) is 0 Å². The highest BCUT2D eigenvalue weighted by molar-refractivity contribution is 7.90. The van der Waals surface area contributed by atoms with E-state index < -0.39 is 27.1 Å². The van der Waals surface area contributed by atoms with E-state index in [2.05, 4.69) is 10.1 Å². The van der Waals surface area contributed by atoms with Gasteiger partial charge in [0.1, 0.15) is 5.60 Å². The number of ether oxygens (including phenoxy) is 1. The van der Waals surface area contributed by atoms with E-state index in [4.69, 9.17) is 4.74 Å². The Kier molecular flexibility index (Phi) is 6.04. The van der Waals surface area contributed by atoms with Gasteiger partial charge in [-0.05, 0) is 51.8 Å². The molecule has 12 heteroatoms. The van der Waals surface area contributed by atoms with Crippen molar-refractivity contribution in [2.24, 2.45) is 7.05 Å². The van der Waals surface area contributed by atoms with Crippen LogP contribution in [0.2, 0.25) is 0 Å². The van der Waals surface area contributed by atoms with Gasteiger partial charge >= 0.3 is 6.09 Å². The lowest BCUT2D eigenvalue weighted by Crippen LogP contribution is -2.50. The Morgan fingerprint density at radius 1 is 1.05 bits per heavy atom. The SMILES string of the molecule is CN1C(=O)C2(CCN(C(=O)OC(C)(C)C)CC2)c2c1cnc1c2cc(-c2cnn(C)c2)n1S(=O)(=O)c1ccccc1. The maximum atomic E-state index is 14.1. The molecule has 0 bridgehead atoms. The molecule has 0 aliphatic carbocycles. The fourth-order valence-corrected chi connectivity index (χ4v) is 7.47. The van der Waals surface area contributed by atoms with Gasteiger partial charge in [-0.2, -0.15) is 5.10 Å². The molecule has 41 heavy (non-hydrogen) atoms. The van der Waals surface area contributed by atoms with Crippen LogP contribution in [-0.2, 0) is 32.0 Å². The number of amides is 2. The Bertz CT molecular complexity index is 1790. The van der Waals surface area contributed by atoms with Crippen LogP contribution in [-0.4, -0.2) is 69.8 Å². The molecule has 0 N–H and O–H groups in total. The quantitative estimate of drug-likeness (QED) is 0.363. The maximum Gasteiger partial charge on any atom is 0.410 e. The predicted octanol–water partition coefficient (Wildman–Crippen LogP) is 3.92. The van der Waals surface area contributed by atoms with Gasteiger partial charge in [-0.1, -0.05) is 18.2 Å². The van der Waals surface area contributed by atoms with E-state index in [9.17, 15) is 18.0 Å². The lowest BCUT2D eigenvalue weighted by atomic mass is 9.73. The van der Waals surface area contributed by atoms with Crippen molar-refractivity contribution in [3.63, 3.8) is 0 Å². The highest BCUT2D eigenvalue weighted by Gasteiger charge is 2.53. The number of fused-ring (bicyclic) bond motifs is 4. The molecule has 0 radical (unpaired) electrons. The first-order valence-corrected chi connectivity index (χ1v) is 14.9. The first-order chi connectivity index (χ1) is 19.3. The lowest BCUT2D eigenvalue weighted by Gasteiger charge is -2.38. The summed E-state index contributed by atoms with van der Waals surface area (Å²) >= 11 is 0. The second-order valence-corrected chi connectivity index (χ2v) is 13.5. The summed E-state index contributed by atoms with van der Waals surface area (Å²) in [5.41, 5.74) is 1.07. The Morgan fingerprint density at radius 3 is 2.34 bits per heavy atom. The average Bonchev–Trinajstić information content (AvgIpc) is 3.59. The molecule has 1 saturated heterocycles. The summed E-state index contributed by atoms with van der Waals surface area (Å²) in [7, 11) is -0.592. The highest BCUT2D eigenvalue weighted by atomic mass is 32.2. The summed E-state index contributed by atoms with van der Waals surface area (Å²) in [4.78, 5) is 34.7. The van der Waals surface area contributed by atoms with Crippen molar-refractivity contribution in [3.05, 3.63) is 60.6 Å². The van der Waals surface area contributed by atoms with Crippen molar-refractivity contribution in [2.45, 2.75) is 49.5 Å². The number of carbonyl (C=O) groups excluding carboxylic acids is 2. The number of hydrogen-bond donors (Lipinski definition) is 0. The summed E-state index contributed by atoms with van der Waals surface area (Å²) in [5.74, 6) is -0.0905. The minimum absolute atomic E-state index is 0.0905. The van der Waals surface area contributed by atoms with Gasteiger partial charge in [-0.15, -0.1) is 0 Å². The number of rotatable bonds is 3. The summed E-state index contributed by atoms with van der Waals surface area (Å²) in [6.45, 7) is 6.12. The number of nitrogens with zero attached hydrogens (tertiary/aromatic N) is 6. The molecule has 2 aliphatic rings. The molecular weight excluding hydrogens is 544 g/mol. The normalized spacial score (nSPS) is 17.0. The number of carbonyl (C=O) groups is 2. The number of pyridine rings is 1. The summed E-state index contributed by atoms with van der Waals surface area (Å²) in [6, 6.07) is 10.0. The second kappa shape index (κ2) is 9.16. The van der Waals surface area contributed by atoms with Crippen LogP contribution in [0.3, 0.4) is 0 Å². The molecule has 11 nitrogen and oxygen atoms in total. The van der Waals surface area contributed by atoms with Crippen LogP contribution in [0.25, 0.3) is 22.3 Å². The van der Waals surface area contributed by atoms with Crippen molar-refractivity contribution in [2.75, 3.05) is 25.0 Å². The minimum Gasteiger partial charge on any atom is -0.444 e. The van der Waals surface area contributed by atoms with Gasteiger partial charge in [0.2, 0.25) is 5.91 Å². The Hall–Kier alpha value is -4.19. The van der Waals surface area contributed by atoms with E-state index in [1.54, 1.807) is 83.6 Å². The molecule has 1 aromatic carbocycles. The number of likely N-dealkylation sites (tertiary alicyclic amines) is 1. The smallest absolute Gasteiger partial charge is 0.410 e. The first-order valence-electron chi connectivity index (χ1n) is 13.4. The molecule has 214 valence electrons. The van der Waals surface area contributed by atoms with E-state index in [0.717, 1.165) is 5.56 Å². The molecule has 2 amide bonds. The van der Waals surface area contributed by atoms with Crippen LogP contribution in [0.1, 0.15) is 39.2 Å². The number of benzene rings is 1. The lowest BCUT2D eigenvalue weighted by molar-refractivity contribution is -0.124. The fraction of sp³-hybridized carbons (Fsp3) is 0.379. The summed E-state index contributed by atoms with van der Waals surface area (Å²) in [6.07, 6.45) is 5.27. The van der Waals surface area contributed by atoms with Gasteiger partial charge in [-0.3, -0.25) is 9.48 Å². The molecule has 0 saturated carbocycles. The maximum absolute atomic E-state index is 14.1. The molecule has 4 aromatic rings. The largest absolute Gasteiger partial charge is 0.444 e. The standard InChI is InChI=1S/C29H32N6O5S/c1-28(2,3)40-27(37)34-13-11-29(12-14-34)24-21-15-22(19-16-31-32(4)18-19)35(41(38,39)20-9-7-6-8-10-20)25(21)30-17-23(24)33(5)26(29)36/h6-10,15-18H,11-14H2,1-5H3. The molecular formula is C29H32N6O5S. The van der Waals surface area contributed by atoms with Crippen molar-refractivity contribution in [1.82, 2.24) is 23.6 Å². The molecule has 0 unspecified atom stereocenters. The molecule has 5 heterocycles. The second-order valence-electron chi connectivity index (χ2n) is 11.7. The van der Waals surface area contributed by atoms with Crippen LogP contribution in [0.5, 0.6) is 0 Å². The third kappa shape index (κ3) is 4.19. The van der Waals surface area contributed by atoms with Crippen LogP contribution in [0.4, 0.5) is 10.5 Å². The third-order valence-corrected chi connectivity index (χ3v) is 9.59. The number of aromatic nitrogens is 4. The van der Waals surface area contributed by atoms with Gasteiger partial charge in [0.25, 0.3) is 10.0 Å². The zero-order valence-corrected chi connectivity index (χ0v) is 24.5. The monoisotopic (exact) mass is 576 g/mol. The van der Waals surface area contributed by atoms with Crippen molar-refractivity contribution >= 4 is 38.7 Å². The molecule has 1 fully saturated rings. The van der Waals surface area contributed by atoms with E-state index in [0.29, 0.717) is 48.3 Å². The van der Waals surface area contributed by atoms with Crippen LogP contribution < -0.4 is 4.90 Å². The van der Waals surface area contributed by atoms with Crippen molar-refractivity contribution < 1.29 is 22.7 Å². The highest BCUT2D eigenvalue weighted by Crippen LogP contribution is 2.51. The first kappa shape index (κ1) is 27.0. The van der Waals surface area contributed by atoms with E-state index in [1.165, 1.54) is 3.97 Å². The fourth-order valence-electron chi connectivity index (χ4n) is 5.97. The number of anilines is 1. The van der Waals surface area contributed by atoms with Gasteiger partial charge in [0, 0.05) is 49.9 Å². The number of likely N-dealkylation sites (N-methyl/N-ethyl adjacent to an activating group) is 1. The Morgan fingerprint density at radius 2 is 1.73 bits per heavy atom. The van der Waals surface area contributed by atoms with E-state index in [1.807, 2.05) is 20.8 Å². The summed E-state index contributed by atoms with van der Waals surface area (Å²) in [5, 5.41) is 4.85. The number of piperidine rings is 1. The van der Waals surface area contributed by atoms with Gasteiger partial charge in [0.15, 0.2) is 5.65 Å². The predicted molar refractivity (Wildman–Crippen MR) is 153 cm³/mol. The molecule has 3 aromatic heterocycles. The number of aryl methyl sites for hydroxylation is 1. The Balaban J connectivity index is 1.53.